The average molecular weight is 380 g/mol. The third-order valence-corrected chi connectivity index (χ3v) is 5.09. The second-order valence-corrected chi connectivity index (χ2v) is 7.18. The van der Waals surface area contributed by atoms with Crippen LogP contribution in [-0.2, 0) is 11.3 Å². The van der Waals surface area contributed by atoms with Gasteiger partial charge in [0.15, 0.2) is 0 Å². The van der Waals surface area contributed by atoms with E-state index >= 15 is 0 Å². The minimum absolute atomic E-state index is 0.294. The number of imide groups is 1. The summed E-state index contributed by atoms with van der Waals surface area (Å²) < 4.78 is 0. The predicted molar refractivity (Wildman–Crippen MR) is 110 cm³/mol. The summed E-state index contributed by atoms with van der Waals surface area (Å²) in [5.41, 5.74) is 3.48. The zero-order chi connectivity index (χ0) is 19.9. The van der Waals surface area contributed by atoms with Crippen LogP contribution in [-0.4, -0.2) is 55.0 Å². The van der Waals surface area contributed by atoms with Gasteiger partial charge in [0.05, 0.1) is 0 Å². The number of benzene rings is 2. The van der Waals surface area contributed by atoms with Gasteiger partial charge in [-0.3, -0.25) is 19.9 Å². The summed E-state index contributed by atoms with van der Waals surface area (Å²) in [5.74, 6) is -0.294. The van der Waals surface area contributed by atoms with E-state index in [0.717, 1.165) is 38.3 Å². The van der Waals surface area contributed by atoms with Crippen molar-refractivity contribution in [2.75, 3.05) is 33.2 Å². The molecule has 1 heterocycles. The summed E-state index contributed by atoms with van der Waals surface area (Å²) in [6.45, 7) is 6.32. The third-order valence-electron chi connectivity index (χ3n) is 5.09. The van der Waals surface area contributed by atoms with Crippen LogP contribution in [0.1, 0.15) is 22.7 Å². The molecule has 1 saturated heterocycles. The Morgan fingerprint density at radius 1 is 1.00 bits per heavy atom. The molecule has 0 unspecified atom stereocenters. The number of amides is 3. The largest absolute Gasteiger partial charge is 0.341 e. The first-order valence-corrected chi connectivity index (χ1v) is 9.66. The van der Waals surface area contributed by atoms with Crippen LogP contribution in [0.4, 0.5) is 4.79 Å². The number of urea groups is 1. The zero-order valence-electron chi connectivity index (χ0n) is 16.5. The predicted octanol–water partition coefficient (Wildman–Crippen LogP) is 2.31. The lowest BCUT2D eigenvalue weighted by Gasteiger charge is -2.38. The van der Waals surface area contributed by atoms with Gasteiger partial charge in [-0.05, 0) is 18.1 Å². The van der Waals surface area contributed by atoms with E-state index in [4.69, 9.17) is 0 Å². The Morgan fingerprint density at radius 3 is 2.36 bits per heavy atom. The summed E-state index contributed by atoms with van der Waals surface area (Å²) in [6, 6.07) is 17.3. The highest BCUT2D eigenvalue weighted by molar-refractivity contribution is 5.97. The van der Waals surface area contributed by atoms with Gasteiger partial charge in [-0.1, -0.05) is 60.2 Å². The number of hydrogen-bond acceptors (Lipinski definition) is 4. The highest BCUT2D eigenvalue weighted by atomic mass is 16.2. The molecule has 0 spiro atoms. The number of aryl methyl sites for hydroxylation is 1. The lowest BCUT2D eigenvalue weighted by Crippen LogP contribution is -2.52. The van der Waals surface area contributed by atoms with Crippen LogP contribution in [0, 0.1) is 6.92 Å². The highest BCUT2D eigenvalue weighted by Crippen LogP contribution is 2.23. The standard InChI is InChI=1S/C22H28N4O2/c1-17-7-6-8-18(15-17)16-25-11-13-26(14-12-25)20(19-9-4-3-5-10-19)21(27)24-22(28)23-2/h3-10,15,20H,11-14,16H2,1-2H3,(H2,23,24,27,28)/t20-/m1/s1. The second kappa shape index (κ2) is 9.48. The first kappa shape index (κ1) is 20.0. The average Bonchev–Trinajstić information content (AvgIpc) is 2.70. The molecule has 0 aliphatic carbocycles. The van der Waals surface area contributed by atoms with Crippen molar-refractivity contribution < 1.29 is 9.59 Å². The molecule has 2 aromatic rings. The van der Waals surface area contributed by atoms with E-state index in [-0.39, 0.29) is 5.91 Å². The molecule has 0 aromatic heterocycles. The first-order chi connectivity index (χ1) is 13.6. The molecule has 1 aliphatic heterocycles. The number of rotatable bonds is 5. The number of nitrogens with zero attached hydrogens (tertiary/aromatic N) is 2. The summed E-state index contributed by atoms with van der Waals surface area (Å²) in [7, 11) is 1.50. The third kappa shape index (κ3) is 5.18. The van der Waals surface area contributed by atoms with Gasteiger partial charge in [0.1, 0.15) is 6.04 Å². The molecule has 2 N–H and O–H groups in total. The van der Waals surface area contributed by atoms with Gasteiger partial charge < -0.3 is 5.32 Å². The van der Waals surface area contributed by atoms with Gasteiger partial charge in [0.2, 0.25) is 5.91 Å². The number of nitrogens with one attached hydrogen (secondary N) is 2. The summed E-state index contributed by atoms with van der Waals surface area (Å²) in [4.78, 5) is 29.0. The molecule has 3 amide bonds. The Morgan fingerprint density at radius 2 is 1.71 bits per heavy atom. The Labute approximate surface area is 166 Å². The molecular weight excluding hydrogens is 352 g/mol. The quantitative estimate of drug-likeness (QED) is 0.836. The monoisotopic (exact) mass is 380 g/mol. The van der Waals surface area contributed by atoms with E-state index in [1.165, 1.54) is 18.2 Å². The Kier molecular flexibility index (Phi) is 6.79. The van der Waals surface area contributed by atoms with Gasteiger partial charge in [0, 0.05) is 39.8 Å². The minimum Gasteiger partial charge on any atom is -0.341 e. The molecule has 6 nitrogen and oxygen atoms in total. The summed E-state index contributed by atoms with van der Waals surface area (Å²) in [6.07, 6.45) is 0. The lowest BCUT2D eigenvalue weighted by atomic mass is 10.0. The Balaban J connectivity index is 1.67. The molecule has 28 heavy (non-hydrogen) atoms. The number of hydrogen-bond donors (Lipinski definition) is 2. The van der Waals surface area contributed by atoms with Crippen molar-refractivity contribution in [3.8, 4) is 0 Å². The van der Waals surface area contributed by atoms with E-state index < -0.39 is 12.1 Å². The minimum atomic E-state index is -0.482. The molecular formula is C22H28N4O2. The maximum Gasteiger partial charge on any atom is 0.321 e. The van der Waals surface area contributed by atoms with Gasteiger partial charge in [-0.2, -0.15) is 0 Å². The number of carbonyl (C=O) groups excluding carboxylic acids is 2. The van der Waals surface area contributed by atoms with Crippen LogP contribution in [0.2, 0.25) is 0 Å². The Bertz CT molecular complexity index is 801. The molecule has 0 bridgehead atoms. The molecule has 1 aliphatic rings. The molecule has 0 saturated carbocycles. The van der Waals surface area contributed by atoms with Crippen molar-refractivity contribution >= 4 is 11.9 Å². The van der Waals surface area contributed by atoms with Crippen LogP contribution >= 0.6 is 0 Å². The van der Waals surface area contributed by atoms with Crippen LogP contribution in [0.3, 0.4) is 0 Å². The van der Waals surface area contributed by atoms with Gasteiger partial charge in [-0.15, -0.1) is 0 Å². The normalized spacial score (nSPS) is 16.4. The van der Waals surface area contributed by atoms with Crippen LogP contribution in [0.25, 0.3) is 0 Å². The molecule has 6 heteroatoms. The smallest absolute Gasteiger partial charge is 0.321 e. The van der Waals surface area contributed by atoms with Crippen molar-refractivity contribution in [3.05, 3.63) is 71.3 Å². The highest BCUT2D eigenvalue weighted by Gasteiger charge is 2.31. The van der Waals surface area contributed by atoms with E-state index in [2.05, 4.69) is 51.6 Å². The topological polar surface area (TPSA) is 64.7 Å². The number of piperazine rings is 1. The van der Waals surface area contributed by atoms with Crippen LogP contribution < -0.4 is 10.6 Å². The zero-order valence-corrected chi connectivity index (χ0v) is 16.5. The maximum atomic E-state index is 12.8. The van der Waals surface area contributed by atoms with Crippen molar-refractivity contribution in [3.63, 3.8) is 0 Å². The van der Waals surface area contributed by atoms with Crippen molar-refractivity contribution in [1.82, 2.24) is 20.4 Å². The van der Waals surface area contributed by atoms with Crippen molar-refractivity contribution in [2.45, 2.75) is 19.5 Å². The summed E-state index contributed by atoms with van der Waals surface area (Å²) in [5, 5.41) is 4.88. The lowest BCUT2D eigenvalue weighted by molar-refractivity contribution is -0.126. The molecule has 0 radical (unpaired) electrons. The fraction of sp³-hybridized carbons (Fsp3) is 0.364. The number of carbonyl (C=O) groups is 2. The molecule has 3 rings (SSSR count). The van der Waals surface area contributed by atoms with E-state index in [1.807, 2.05) is 30.3 Å². The molecule has 148 valence electrons. The van der Waals surface area contributed by atoms with Crippen molar-refractivity contribution in [2.24, 2.45) is 0 Å². The van der Waals surface area contributed by atoms with E-state index in [9.17, 15) is 9.59 Å². The molecule has 2 aromatic carbocycles. The van der Waals surface area contributed by atoms with Gasteiger partial charge >= 0.3 is 6.03 Å². The molecule has 1 fully saturated rings. The fourth-order valence-electron chi connectivity index (χ4n) is 3.65. The SMILES string of the molecule is CNC(=O)NC(=O)[C@@H](c1ccccc1)N1CCN(Cc2cccc(C)c2)CC1. The second-order valence-electron chi connectivity index (χ2n) is 7.18. The van der Waals surface area contributed by atoms with Crippen molar-refractivity contribution in [1.29, 1.82) is 0 Å². The first-order valence-electron chi connectivity index (χ1n) is 9.66. The van der Waals surface area contributed by atoms with Crippen LogP contribution in [0.5, 0.6) is 0 Å². The fourth-order valence-corrected chi connectivity index (χ4v) is 3.65. The maximum absolute atomic E-state index is 12.8. The Hall–Kier alpha value is -2.70. The van der Waals surface area contributed by atoms with Gasteiger partial charge in [0.25, 0.3) is 0 Å². The van der Waals surface area contributed by atoms with E-state index in [1.54, 1.807) is 0 Å². The summed E-state index contributed by atoms with van der Waals surface area (Å²) >= 11 is 0. The van der Waals surface area contributed by atoms with Crippen LogP contribution in [0.15, 0.2) is 54.6 Å². The van der Waals surface area contributed by atoms with E-state index in [0.29, 0.717) is 0 Å². The molecule has 1 atom stereocenters. The van der Waals surface area contributed by atoms with Gasteiger partial charge in [-0.25, -0.2) is 4.79 Å².